The van der Waals surface area contributed by atoms with Crippen molar-refractivity contribution in [2.75, 3.05) is 0 Å². The second kappa shape index (κ2) is 8.80. The third-order valence-electron chi connectivity index (χ3n) is 10.5. The van der Waals surface area contributed by atoms with E-state index < -0.39 is 0 Å². The average Bonchev–Trinajstić information content (AvgIpc) is 3.33. The summed E-state index contributed by atoms with van der Waals surface area (Å²) in [7, 11) is 0. The van der Waals surface area contributed by atoms with Gasteiger partial charge in [-0.05, 0) is 129 Å². The summed E-state index contributed by atoms with van der Waals surface area (Å²) in [6.07, 6.45) is 0. The molecule has 1 aliphatic carbocycles. The van der Waals surface area contributed by atoms with E-state index in [0.717, 1.165) is 0 Å². The van der Waals surface area contributed by atoms with E-state index in [1.807, 2.05) is 0 Å². The van der Waals surface area contributed by atoms with Gasteiger partial charge in [-0.25, -0.2) is 0 Å². The van der Waals surface area contributed by atoms with Gasteiger partial charge in [-0.15, -0.1) is 0 Å². The lowest BCUT2D eigenvalue weighted by atomic mass is 9.78. The lowest BCUT2D eigenvalue weighted by molar-refractivity contribution is 0.666. The maximum Gasteiger partial charge on any atom is 0.0165 e. The Hall–Kier alpha value is -5.46. The van der Waals surface area contributed by atoms with E-state index in [0.29, 0.717) is 0 Å². The van der Waals surface area contributed by atoms with Crippen molar-refractivity contribution in [1.82, 2.24) is 0 Å². The average molecular weight is 571 g/mol. The van der Waals surface area contributed by atoms with Crippen LogP contribution >= 0.6 is 0 Å². The summed E-state index contributed by atoms with van der Waals surface area (Å²) in [6, 6.07) is 54.7. The molecule has 10 rings (SSSR count). The molecule has 0 atom stereocenters. The van der Waals surface area contributed by atoms with Gasteiger partial charge in [-0.1, -0.05) is 129 Å². The summed E-state index contributed by atoms with van der Waals surface area (Å²) >= 11 is 0. The van der Waals surface area contributed by atoms with E-state index >= 15 is 0 Å². The predicted molar refractivity (Wildman–Crippen MR) is 194 cm³/mol. The predicted octanol–water partition coefficient (Wildman–Crippen LogP) is 12.5. The van der Waals surface area contributed by atoms with Crippen LogP contribution in [0.5, 0.6) is 0 Å². The molecule has 0 bridgehead atoms. The van der Waals surface area contributed by atoms with Crippen molar-refractivity contribution in [3.05, 3.63) is 157 Å². The van der Waals surface area contributed by atoms with Crippen LogP contribution in [0.15, 0.2) is 146 Å². The zero-order chi connectivity index (χ0) is 29.9. The molecule has 0 saturated heterocycles. The fraction of sp³-hybridized carbons (Fsp3) is 0.0667. The van der Waals surface area contributed by atoms with Crippen LogP contribution in [-0.4, -0.2) is 0 Å². The van der Waals surface area contributed by atoms with Crippen molar-refractivity contribution >= 4 is 53.9 Å². The summed E-state index contributed by atoms with van der Waals surface area (Å²) in [5.74, 6) is 0. The molecule has 9 aromatic carbocycles. The normalized spacial score (nSPS) is 13.7. The molecule has 0 spiro atoms. The molecule has 0 aliphatic heterocycles. The van der Waals surface area contributed by atoms with E-state index in [9.17, 15) is 0 Å². The minimum atomic E-state index is -0.122. The topological polar surface area (TPSA) is 0 Å². The smallest absolute Gasteiger partial charge is 0.0165 e. The van der Waals surface area contributed by atoms with Crippen molar-refractivity contribution in [2.24, 2.45) is 0 Å². The molecule has 210 valence electrons. The highest BCUT2D eigenvalue weighted by molar-refractivity contribution is 6.23. The molecule has 0 unspecified atom stereocenters. The van der Waals surface area contributed by atoms with Gasteiger partial charge in [0.05, 0.1) is 0 Å². The first-order valence-electron chi connectivity index (χ1n) is 15.9. The Labute approximate surface area is 262 Å². The molecule has 0 amide bonds. The second-order valence-electron chi connectivity index (χ2n) is 13.4. The van der Waals surface area contributed by atoms with Gasteiger partial charge in [-0.3, -0.25) is 0 Å². The van der Waals surface area contributed by atoms with Gasteiger partial charge in [0.15, 0.2) is 0 Å². The Morgan fingerprint density at radius 1 is 0.378 bits per heavy atom. The Morgan fingerprint density at radius 2 is 0.956 bits per heavy atom. The minimum absolute atomic E-state index is 0.122. The van der Waals surface area contributed by atoms with Crippen molar-refractivity contribution in [3.8, 4) is 33.4 Å². The monoisotopic (exact) mass is 570 g/mol. The summed E-state index contributed by atoms with van der Waals surface area (Å²) in [4.78, 5) is 0. The number of hydrogen-bond acceptors (Lipinski definition) is 0. The Bertz CT molecular complexity index is 2600. The van der Waals surface area contributed by atoms with Crippen molar-refractivity contribution in [3.63, 3.8) is 0 Å². The molecule has 0 radical (unpaired) electrons. The second-order valence-corrected chi connectivity index (χ2v) is 13.4. The lowest BCUT2D eigenvalue weighted by Gasteiger charge is -2.24. The van der Waals surface area contributed by atoms with Crippen LogP contribution in [0.3, 0.4) is 0 Å². The van der Waals surface area contributed by atoms with Gasteiger partial charge in [0.25, 0.3) is 0 Å². The van der Waals surface area contributed by atoms with Gasteiger partial charge in [0.1, 0.15) is 0 Å². The zero-order valence-electron chi connectivity index (χ0n) is 25.4. The van der Waals surface area contributed by atoms with E-state index in [2.05, 4.69) is 159 Å². The molecule has 9 aromatic rings. The van der Waals surface area contributed by atoms with E-state index in [1.54, 1.807) is 0 Å². The van der Waals surface area contributed by atoms with Crippen LogP contribution in [-0.2, 0) is 5.41 Å². The number of hydrogen-bond donors (Lipinski definition) is 0. The largest absolute Gasteiger partial charge is 0.0619 e. The minimum Gasteiger partial charge on any atom is -0.0619 e. The van der Waals surface area contributed by atoms with Gasteiger partial charge in [0.2, 0.25) is 0 Å². The Kier molecular flexibility index (Phi) is 4.88. The molecule has 0 heterocycles. The number of benzene rings is 9. The van der Waals surface area contributed by atoms with Crippen LogP contribution in [0.2, 0.25) is 0 Å². The molecular weight excluding hydrogens is 540 g/mol. The quantitative estimate of drug-likeness (QED) is 0.181. The molecule has 0 nitrogen and oxygen atoms in total. The molecule has 0 N–H and O–H groups in total. The highest BCUT2D eigenvalue weighted by Crippen LogP contribution is 2.55. The molecule has 0 heteroatoms. The third-order valence-corrected chi connectivity index (χ3v) is 10.5. The van der Waals surface area contributed by atoms with Crippen molar-refractivity contribution < 1.29 is 0 Å². The third kappa shape index (κ3) is 3.43. The molecule has 0 saturated carbocycles. The molecule has 1 aliphatic rings. The fourth-order valence-electron chi connectivity index (χ4n) is 8.39. The first kappa shape index (κ1) is 24.9. The van der Waals surface area contributed by atoms with Crippen LogP contribution in [0.4, 0.5) is 0 Å². The first-order chi connectivity index (χ1) is 22.0. The summed E-state index contributed by atoms with van der Waals surface area (Å²) in [5, 5.41) is 13.2. The SMILES string of the molecule is CC1(C)c2ccccc2-c2c(-c3ccc4ccccc4c3)cc3ccc(-c4cc5ccc6cccc7ccc(c4)c5c67)cc3c21. The number of fused-ring (bicyclic) bond motifs is 6. The molecular formula is C45H30. The van der Waals surface area contributed by atoms with Gasteiger partial charge < -0.3 is 0 Å². The van der Waals surface area contributed by atoms with Gasteiger partial charge >= 0.3 is 0 Å². The highest BCUT2D eigenvalue weighted by Gasteiger charge is 2.38. The van der Waals surface area contributed by atoms with E-state index in [4.69, 9.17) is 0 Å². The standard InChI is InChI=1S/C45H30/c1-45(2)40-13-6-5-12-37(40)43-38(32-18-14-27-8-3-4-9-30(27)22-32)26-33-19-17-31(25-39(33)44(43)45)36-23-34-20-15-28-10-7-11-29-16-21-35(24-36)42(34)41(28)29/h3-26H,1-2H3. The molecule has 0 fully saturated rings. The summed E-state index contributed by atoms with van der Waals surface area (Å²) in [6.45, 7) is 4.81. The van der Waals surface area contributed by atoms with Crippen LogP contribution < -0.4 is 0 Å². The van der Waals surface area contributed by atoms with Crippen molar-refractivity contribution in [2.45, 2.75) is 19.3 Å². The van der Waals surface area contributed by atoms with Crippen molar-refractivity contribution in [1.29, 1.82) is 0 Å². The Balaban J connectivity index is 1.24. The van der Waals surface area contributed by atoms with E-state index in [1.165, 1.54) is 98.4 Å². The lowest BCUT2D eigenvalue weighted by Crippen LogP contribution is -2.15. The first-order valence-corrected chi connectivity index (χ1v) is 15.9. The van der Waals surface area contributed by atoms with Crippen LogP contribution in [0, 0.1) is 0 Å². The Morgan fingerprint density at radius 3 is 1.76 bits per heavy atom. The van der Waals surface area contributed by atoms with Crippen LogP contribution in [0.25, 0.3) is 87.2 Å². The fourth-order valence-corrected chi connectivity index (χ4v) is 8.39. The molecule has 0 aromatic heterocycles. The zero-order valence-corrected chi connectivity index (χ0v) is 25.4. The van der Waals surface area contributed by atoms with Gasteiger partial charge in [-0.2, -0.15) is 0 Å². The highest BCUT2D eigenvalue weighted by atomic mass is 14.4. The van der Waals surface area contributed by atoms with E-state index in [-0.39, 0.29) is 5.41 Å². The van der Waals surface area contributed by atoms with Gasteiger partial charge in [0, 0.05) is 5.41 Å². The summed E-state index contributed by atoms with van der Waals surface area (Å²) < 4.78 is 0. The van der Waals surface area contributed by atoms with Crippen LogP contribution in [0.1, 0.15) is 25.0 Å². The molecule has 45 heavy (non-hydrogen) atoms. The number of rotatable bonds is 2. The maximum atomic E-state index is 2.46. The summed E-state index contributed by atoms with van der Waals surface area (Å²) in [5.41, 5.74) is 10.6. The maximum absolute atomic E-state index is 2.46.